The van der Waals surface area contributed by atoms with E-state index in [1.54, 1.807) is 36.3 Å². The molecule has 5 rings (SSSR count). The molecule has 0 bridgehead atoms. The van der Waals surface area contributed by atoms with E-state index in [2.05, 4.69) is 25.6 Å². The molecule has 2 aromatic carbocycles. The Morgan fingerprint density at radius 2 is 1.81 bits per heavy atom. The Bertz CT molecular complexity index is 1410. The van der Waals surface area contributed by atoms with Gasteiger partial charge in [-0.1, -0.05) is 17.4 Å². The van der Waals surface area contributed by atoms with Gasteiger partial charge in [-0.2, -0.15) is 0 Å². The van der Waals surface area contributed by atoms with Gasteiger partial charge in [-0.25, -0.2) is 9.66 Å². The number of thiazole rings is 1. The van der Waals surface area contributed by atoms with Crippen LogP contribution in [-0.2, 0) is 0 Å². The van der Waals surface area contributed by atoms with E-state index in [-0.39, 0.29) is 5.69 Å². The largest absolute Gasteiger partial charge is 0.497 e. The fourth-order valence-corrected chi connectivity index (χ4v) is 4.10. The van der Waals surface area contributed by atoms with Gasteiger partial charge in [0.25, 0.3) is 5.69 Å². The van der Waals surface area contributed by atoms with Crippen LogP contribution in [0.1, 0.15) is 0 Å². The minimum Gasteiger partial charge on any atom is -0.497 e. The molecule has 0 fully saturated rings. The summed E-state index contributed by atoms with van der Waals surface area (Å²) in [6, 6.07) is 16.0. The monoisotopic (exact) mass is 445 g/mol. The second-order valence-corrected chi connectivity index (χ2v) is 7.70. The van der Waals surface area contributed by atoms with Gasteiger partial charge in [-0.05, 0) is 42.5 Å². The van der Waals surface area contributed by atoms with Crippen molar-refractivity contribution in [1.29, 1.82) is 0 Å². The lowest BCUT2D eigenvalue weighted by atomic mass is 10.2. The number of methoxy groups -OCH3 is 1. The molecule has 0 spiro atoms. The fourth-order valence-electron chi connectivity index (χ4n) is 3.22. The van der Waals surface area contributed by atoms with Gasteiger partial charge in [-0.15, -0.1) is 10.2 Å². The summed E-state index contributed by atoms with van der Waals surface area (Å²) in [7, 11) is 1.60. The number of benzene rings is 2. The summed E-state index contributed by atoms with van der Waals surface area (Å²) >= 11 is 1.30. The van der Waals surface area contributed by atoms with Crippen LogP contribution in [-0.4, -0.2) is 36.9 Å². The first-order chi connectivity index (χ1) is 15.6. The molecule has 0 radical (unpaired) electrons. The molecular weight excluding hydrogens is 430 g/mol. The SMILES string of the molecule is COc1ccc(-c2nnc(-c3cccnc3)n2Nc2nc3c([N+](=O)[O-])cccc3s2)cc1. The highest BCUT2D eigenvalue weighted by atomic mass is 32.1. The van der Waals surface area contributed by atoms with E-state index in [0.29, 0.717) is 27.0 Å². The van der Waals surface area contributed by atoms with Gasteiger partial charge in [0.2, 0.25) is 5.13 Å². The zero-order chi connectivity index (χ0) is 22.1. The first-order valence-corrected chi connectivity index (χ1v) is 10.3. The Balaban J connectivity index is 1.63. The number of fused-ring (bicyclic) bond motifs is 1. The van der Waals surface area contributed by atoms with Crippen molar-refractivity contribution in [3.05, 3.63) is 77.1 Å². The van der Waals surface area contributed by atoms with Gasteiger partial charge in [0.15, 0.2) is 17.2 Å². The maximum Gasteiger partial charge on any atom is 0.296 e. The van der Waals surface area contributed by atoms with Crippen molar-refractivity contribution in [2.75, 3.05) is 12.5 Å². The molecule has 0 saturated heterocycles. The molecule has 3 aromatic heterocycles. The van der Waals surface area contributed by atoms with E-state index in [0.717, 1.165) is 16.9 Å². The number of para-hydroxylation sites is 1. The quantitative estimate of drug-likeness (QED) is 0.301. The maximum atomic E-state index is 11.4. The molecule has 0 saturated carbocycles. The molecule has 0 aliphatic rings. The number of non-ortho nitro benzene ring substituents is 1. The number of nitro groups is 1. The van der Waals surface area contributed by atoms with E-state index < -0.39 is 4.92 Å². The minimum atomic E-state index is -0.436. The Hall–Kier alpha value is -4.38. The van der Waals surface area contributed by atoms with Crippen LogP contribution in [0.4, 0.5) is 10.8 Å². The summed E-state index contributed by atoms with van der Waals surface area (Å²) in [5, 5.41) is 20.6. The topological polar surface area (TPSA) is 121 Å². The highest BCUT2D eigenvalue weighted by molar-refractivity contribution is 7.22. The van der Waals surface area contributed by atoms with E-state index in [1.165, 1.54) is 17.4 Å². The van der Waals surface area contributed by atoms with Gasteiger partial charge >= 0.3 is 0 Å². The lowest BCUT2D eigenvalue weighted by Crippen LogP contribution is -2.12. The van der Waals surface area contributed by atoms with Crippen molar-refractivity contribution >= 4 is 32.4 Å². The molecule has 1 N–H and O–H groups in total. The third-order valence-corrected chi connectivity index (χ3v) is 5.66. The van der Waals surface area contributed by atoms with Crippen molar-refractivity contribution in [3.63, 3.8) is 0 Å². The summed E-state index contributed by atoms with van der Waals surface area (Å²) in [6.07, 6.45) is 3.36. The zero-order valence-electron chi connectivity index (χ0n) is 16.7. The molecule has 0 aliphatic carbocycles. The van der Waals surface area contributed by atoms with Crippen LogP contribution in [0.15, 0.2) is 67.0 Å². The number of anilines is 1. The number of pyridine rings is 1. The molecule has 158 valence electrons. The number of nitrogens with zero attached hydrogens (tertiary/aromatic N) is 6. The number of hydrogen-bond donors (Lipinski definition) is 1. The standard InChI is InChI=1S/C21H15N7O3S/c1-31-15-9-7-13(8-10-15)19-24-25-20(14-4-3-11-22-12-14)27(19)26-21-23-18-16(28(29)30)5-2-6-17(18)32-21/h2-12H,1H3,(H,23,26). The van der Waals surface area contributed by atoms with Gasteiger partial charge in [0.1, 0.15) is 5.75 Å². The number of hydrogen-bond acceptors (Lipinski definition) is 9. The van der Waals surface area contributed by atoms with Crippen molar-refractivity contribution < 1.29 is 9.66 Å². The minimum absolute atomic E-state index is 0.0431. The summed E-state index contributed by atoms with van der Waals surface area (Å²) in [6.45, 7) is 0. The third-order valence-electron chi connectivity index (χ3n) is 4.73. The predicted molar refractivity (Wildman–Crippen MR) is 121 cm³/mol. The van der Waals surface area contributed by atoms with Crippen LogP contribution in [0.25, 0.3) is 33.0 Å². The van der Waals surface area contributed by atoms with E-state index in [9.17, 15) is 10.1 Å². The average Bonchev–Trinajstić information content (AvgIpc) is 3.43. The van der Waals surface area contributed by atoms with Crippen LogP contribution < -0.4 is 10.2 Å². The van der Waals surface area contributed by atoms with Gasteiger partial charge in [0, 0.05) is 29.6 Å². The van der Waals surface area contributed by atoms with Crippen LogP contribution in [0.2, 0.25) is 0 Å². The Morgan fingerprint density at radius 1 is 1.03 bits per heavy atom. The van der Waals surface area contributed by atoms with Crippen molar-refractivity contribution in [2.24, 2.45) is 0 Å². The lowest BCUT2D eigenvalue weighted by molar-refractivity contribution is -0.383. The van der Waals surface area contributed by atoms with Crippen LogP contribution in [0, 0.1) is 10.1 Å². The second-order valence-electron chi connectivity index (χ2n) is 6.66. The Morgan fingerprint density at radius 3 is 2.50 bits per heavy atom. The number of rotatable bonds is 6. The number of nitrogens with one attached hydrogen (secondary N) is 1. The maximum absolute atomic E-state index is 11.4. The molecule has 0 amide bonds. The lowest BCUT2D eigenvalue weighted by Gasteiger charge is -2.11. The number of aromatic nitrogens is 5. The smallest absolute Gasteiger partial charge is 0.296 e. The van der Waals surface area contributed by atoms with E-state index >= 15 is 0 Å². The molecule has 11 heteroatoms. The summed E-state index contributed by atoms with van der Waals surface area (Å²) in [4.78, 5) is 19.6. The first-order valence-electron chi connectivity index (χ1n) is 9.45. The Labute approximate surface area is 185 Å². The average molecular weight is 445 g/mol. The molecule has 3 heterocycles. The van der Waals surface area contributed by atoms with E-state index in [4.69, 9.17) is 4.74 Å². The third kappa shape index (κ3) is 3.50. The normalized spacial score (nSPS) is 10.9. The summed E-state index contributed by atoms with van der Waals surface area (Å²) in [5.74, 6) is 1.79. The zero-order valence-corrected chi connectivity index (χ0v) is 17.5. The summed E-state index contributed by atoms with van der Waals surface area (Å²) in [5.41, 5.74) is 5.05. The van der Waals surface area contributed by atoms with Crippen LogP contribution >= 0.6 is 11.3 Å². The molecule has 0 atom stereocenters. The molecule has 0 aliphatic heterocycles. The highest BCUT2D eigenvalue weighted by Crippen LogP contribution is 2.33. The first kappa shape index (κ1) is 19.6. The molecule has 32 heavy (non-hydrogen) atoms. The Kier molecular flexibility index (Phi) is 4.92. The molecular formula is C21H15N7O3S. The van der Waals surface area contributed by atoms with Gasteiger partial charge in [0.05, 0.1) is 16.7 Å². The summed E-state index contributed by atoms with van der Waals surface area (Å²) < 4.78 is 7.63. The van der Waals surface area contributed by atoms with Crippen molar-refractivity contribution in [3.8, 4) is 28.5 Å². The van der Waals surface area contributed by atoms with Crippen LogP contribution in [0.3, 0.4) is 0 Å². The molecule has 10 nitrogen and oxygen atoms in total. The van der Waals surface area contributed by atoms with Gasteiger partial charge < -0.3 is 4.74 Å². The van der Waals surface area contributed by atoms with Gasteiger partial charge in [-0.3, -0.25) is 20.5 Å². The second kappa shape index (κ2) is 8.04. The fraction of sp³-hybridized carbons (Fsp3) is 0.0476. The molecule has 0 unspecified atom stereocenters. The number of nitro benzene ring substituents is 1. The van der Waals surface area contributed by atoms with Crippen molar-refractivity contribution in [1.82, 2.24) is 24.8 Å². The number of ether oxygens (including phenoxy) is 1. The van der Waals surface area contributed by atoms with Crippen molar-refractivity contribution in [2.45, 2.75) is 0 Å². The van der Waals surface area contributed by atoms with Crippen LogP contribution in [0.5, 0.6) is 5.75 Å². The highest BCUT2D eigenvalue weighted by Gasteiger charge is 2.20. The predicted octanol–water partition coefficient (Wildman–Crippen LogP) is 4.41. The molecule has 5 aromatic rings. The van der Waals surface area contributed by atoms with E-state index in [1.807, 2.05) is 36.4 Å².